The smallest absolute Gasteiger partial charge is 0.193 e. The fourth-order valence-corrected chi connectivity index (χ4v) is 2.74. The van der Waals surface area contributed by atoms with E-state index in [1.165, 1.54) is 24.1 Å². The molecule has 106 valence electrons. The van der Waals surface area contributed by atoms with E-state index in [1.54, 1.807) is 0 Å². The van der Waals surface area contributed by atoms with Gasteiger partial charge in [0.05, 0.1) is 5.69 Å². The molecule has 1 fully saturated rings. The summed E-state index contributed by atoms with van der Waals surface area (Å²) in [7, 11) is 3.86. The quantitative estimate of drug-likeness (QED) is 0.659. The van der Waals surface area contributed by atoms with Gasteiger partial charge in [0.15, 0.2) is 5.96 Å². The van der Waals surface area contributed by atoms with Gasteiger partial charge in [-0.2, -0.15) is 5.10 Å². The maximum absolute atomic E-state index is 4.45. The number of rotatable bonds is 3. The molecular weight excluding hydrogens is 238 g/mol. The Bertz CT molecular complexity index is 455. The number of hydrogen-bond donors (Lipinski definition) is 1. The molecule has 5 heteroatoms. The summed E-state index contributed by atoms with van der Waals surface area (Å²) in [6.07, 6.45) is 3.56. The maximum Gasteiger partial charge on any atom is 0.193 e. The molecule has 0 bridgehead atoms. The van der Waals surface area contributed by atoms with Gasteiger partial charge in [-0.1, -0.05) is 0 Å². The molecule has 1 saturated heterocycles. The number of guanidine groups is 1. The summed E-state index contributed by atoms with van der Waals surface area (Å²) in [5.41, 5.74) is 3.75. The molecule has 0 aliphatic carbocycles. The number of hydrogen-bond acceptors (Lipinski definition) is 2. The molecule has 5 nitrogen and oxygen atoms in total. The number of nitrogens with zero attached hydrogens (tertiary/aromatic N) is 4. The zero-order valence-electron chi connectivity index (χ0n) is 12.5. The van der Waals surface area contributed by atoms with E-state index in [2.05, 4.69) is 34.2 Å². The van der Waals surface area contributed by atoms with Crippen molar-refractivity contribution in [2.75, 3.05) is 26.7 Å². The second-order valence-corrected chi connectivity index (χ2v) is 5.19. The van der Waals surface area contributed by atoms with Crippen LogP contribution in [0.3, 0.4) is 0 Å². The Hall–Kier alpha value is -1.52. The first-order valence-corrected chi connectivity index (χ1v) is 7.08. The number of aryl methyl sites for hydroxylation is 2. The van der Waals surface area contributed by atoms with Crippen molar-refractivity contribution in [1.29, 1.82) is 0 Å². The zero-order chi connectivity index (χ0) is 13.8. The van der Waals surface area contributed by atoms with Gasteiger partial charge >= 0.3 is 0 Å². The number of aromatic nitrogens is 2. The molecule has 2 rings (SSSR count). The van der Waals surface area contributed by atoms with Gasteiger partial charge in [0, 0.05) is 39.4 Å². The van der Waals surface area contributed by atoms with E-state index in [1.807, 2.05) is 18.8 Å². The SMILES string of the molecule is CN=C(NCCc1c(C)nn(C)c1C)N1CCCC1. The van der Waals surface area contributed by atoms with E-state index in [9.17, 15) is 0 Å². The van der Waals surface area contributed by atoms with Crippen LogP contribution in [0.5, 0.6) is 0 Å². The van der Waals surface area contributed by atoms with Crippen LogP contribution in [0.1, 0.15) is 29.8 Å². The minimum absolute atomic E-state index is 0.913. The van der Waals surface area contributed by atoms with Crippen molar-refractivity contribution in [2.45, 2.75) is 33.1 Å². The minimum Gasteiger partial charge on any atom is -0.356 e. The van der Waals surface area contributed by atoms with Crippen LogP contribution in [0.15, 0.2) is 4.99 Å². The fourth-order valence-electron chi connectivity index (χ4n) is 2.74. The fraction of sp³-hybridized carbons (Fsp3) is 0.714. The lowest BCUT2D eigenvalue weighted by Crippen LogP contribution is -2.40. The molecule has 0 atom stereocenters. The summed E-state index contributed by atoms with van der Waals surface area (Å²) in [6.45, 7) is 7.38. The normalized spacial score (nSPS) is 16.2. The molecule has 0 spiro atoms. The summed E-state index contributed by atoms with van der Waals surface area (Å²) < 4.78 is 1.96. The molecule has 1 aliphatic heterocycles. The Morgan fingerprint density at radius 3 is 2.53 bits per heavy atom. The summed E-state index contributed by atoms with van der Waals surface area (Å²) in [6, 6.07) is 0. The Morgan fingerprint density at radius 1 is 1.32 bits per heavy atom. The van der Waals surface area contributed by atoms with Gasteiger partial charge < -0.3 is 10.2 Å². The van der Waals surface area contributed by atoms with E-state index in [-0.39, 0.29) is 0 Å². The predicted molar refractivity (Wildman–Crippen MR) is 78.6 cm³/mol. The van der Waals surface area contributed by atoms with Gasteiger partial charge in [-0.05, 0) is 38.7 Å². The van der Waals surface area contributed by atoms with Crippen LogP contribution in [-0.2, 0) is 13.5 Å². The van der Waals surface area contributed by atoms with Crippen molar-refractivity contribution in [3.8, 4) is 0 Å². The molecular formula is C14H25N5. The summed E-state index contributed by atoms with van der Waals surface area (Å²) in [5, 5.41) is 7.92. The molecule has 19 heavy (non-hydrogen) atoms. The lowest BCUT2D eigenvalue weighted by Gasteiger charge is -2.20. The third-order valence-electron chi connectivity index (χ3n) is 3.93. The topological polar surface area (TPSA) is 45.5 Å². The van der Waals surface area contributed by atoms with Crippen LogP contribution in [0.2, 0.25) is 0 Å². The van der Waals surface area contributed by atoms with Crippen LogP contribution in [0.4, 0.5) is 0 Å². The predicted octanol–water partition coefficient (Wildman–Crippen LogP) is 1.25. The van der Waals surface area contributed by atoms with Gasteiger partial charge in [-0.15, -0.1) is 0 Å². The van der Waals surface area contributed by atoms with E-state index in [0.717, 1.165) is 37.7 Å². The van der Waals surface area contributed by atoms with Gasteiger partial charge in [-0.3, -0.25) is 9.67 Å². The van der Waals surface area contributed by atoms with E-state index in [4.69, 9.17) is 0 Å². The molecule has 0 aromatic carbocycles. The van der Waals surface area contributed by atoms with Gasteiger partial charge in [0.25, 0.3) is 0 Å². The van der Waals surface area contributed by atoms with Crippen LogP contribution in [0, 0.1) is 13.8 Å². The van der Waals surface area contributed by atoms with Crippen LogP contribution in [0.25, 0.3) is 0 Å². The molecule has 0 saturated carbocycles. The third kappa shape index (κ3) is 3.08. The average Bonchev–Trinajstić information content (AvgIpc) is 2.98. The monoisotopic (exact) mass is 263 g/mol. The minimum atomic E-state index is 0.913. The van der Waals surface area contributed by atoms with Crippen molar-refractivity contribution in [2.24, 2.45) is 12.0 Å². The third-order valence-corrected chi connectivity index (χ3v) is 3.93. The van der Waals surface area contributed by atoms with Crippen LogP contribution in [-0.4, -0.2) is 47.3 Å². The molecule has 0 amide bonds. The number of likely N-dealkylation sites (tertiary alicyclic amines) is 1. The second-order valence-electron chi connectivity index (χ2n) is 5.19. The van der Waals surface area contributed by atoms with Gasteiger partial charge in [0.2, 0.25) is 0 Å². The summed E-state index contributed by atoms with van der Waals surface area (Å²) >= 11 is 0. The van der Waals surface area contributed by atoms with Crippen molar-refractivity contribution in [3.63, 3.8) is 0 Å². The highest BCUT2D eigenvalue weighted by Gasteiger charge is 2.15. The highest BCUT2D eigenvalue weighted by Crippen LogP contribution is 2.12. The maximum atomic E-state index is 4.45. The Kier molecular flexibility index (Phi) is 4.45. The number of nitrogens with one attached hydrogen (secondary N) is 1. The molecule has 0 radical (unpaired) electrons. The first-order valence-electron chi connectivity index (χ1n) is 7.08. The average molecular weight is 263 g/mol. The lowest BCUT2D eigenvalue weighted by molar-refractivity contribution is 0.494. The number of aliphatic imine (C=N–C) groups is 1. The first kappa shape index (κ1) is 13.9. The zero-order valence-corrected chi connectivity index (χ0v) is 12.5. The highest BCUT2D eigenvalue weighted by molar-refractivity contribution is 5.80. The van der Waals surface area contributed by atoms with Crippen molar-refractivity contribution in [1.82, 2.24) is 20.0 Å². The van der Waals surface area contributed by atoms with Crippen molar-refractivity contribution in [3.05, 3.63) is 17.0 Å². The Labute approximate surface area is 115 Å². The molecule has 2 heterocycles. The molecule has 1 aromatic rings. The van der Waals surface area contributed by atoms with E-state index in [0.29, 0.717) is 0 Å². The van der Waals surface area contributed by atoms with Gasteiger partial charge in [0.1, 0.15) is 0 Å². The lowest BCUT2D eigenvalue weighted by atomic mass is 10.1. The van der Waals surface area contributed by atoms with Gasteiger partial charge in [-0.25, -0.2) is 0 Å². The molecule has 1 aromatic heterocycles. The van der Waals surface area contributed by atoms with Crippen molar-refractivity contribution >= 4 is 5.96 Å². The van der Waals surface area contributed by atoms with E-state index < -0.39 is 0 Å². The molecule has 1 N–H and O–H groups in total. The summed E-state index contributed by atoms with van der Waals surface area (Å²) in [4.78, 5) is 6.70. The second kappa shape index (κ2) is 6.08. The van der Waals surface area contributed by atoms with Crippen LogP contribution < -0.4 is 5.32 Å². The molecule has 0 unspecified atom stereocenters. The Balaban J connectivity index is 1.88. The van der Waals surface area contributed by atoms with Crippen molar-refractivity contribution < 1.29 is 0 Å². The highest BCUT2D eigenvalue weighted by atomic mass is 15.3. The van der Waals surface area contributed by atoms with Crippen LogP contribution >= 0.6 is 0 Å². The Morgan fingerprint density at radius 2 is 2.00 bits per heavy atom. The standard InChI is InChI=1S/C14H25N5/c1-11-13(12(2)18(4)17-11)7-8-16-14(15-3)19-9-5-6-10-19/h5-10H2,1-4H3,(H,15,16). The molecule has 1 aliphatic rings. The largest absolute Gasteiger partial charge is 0.356 e. The first-order chi connectivity index (χ1) is 9.13. The van der Waals surface area contributed by atoms with E-state index >= 15 is 0 Å². The summed E-state index contributed by atoms with van der Waals surface area (Å²) in [5.74, 6) is 1.04.